The van der Waals surface area contributed by atoms with E-state index in [1.807, 2.05) is 32.0 Å². The molecule has 0 aliphatic carbocycles. The molecular weight excluding hydrogens is 357 g/mol. The van der Waals surface area contributed by atoms with Gasteiger partial charge in [0.2, 0.25) is 0 Å². The lowest BCUT2D eigenvalue weighted by Gasteiger charge is -2.07. The molecule has 1 amide bonds. The van der Waals surface area contributed by atoms with Gasteiger partial charge in [0.1, 0.15) is 11.5 Å². The maximum Gasteiger partial charge on any atom is 0.259 e. The van der Waals surface area contributed by atoms with Crippen molar-refractivity contribution in [1.82, 2.24) is 0 Å². The Balaban J connectivity index is 1.87. The zero-order valence-electron chi connectivity index (χ0n) is 14.1. The van der Waals surface area contributed by atoms with E-state index in [-0.39, 0.29) is 5.91 Å². The third-order valence-electron chi connectivity index (χ3n) is 4.13. The quantitative estimate of drug-likeness (QED) is 0.574. The van der Waals surface area contributed by atoms with Crippen molar-refractivity contribution in [2.24, 2.45) is 0 Å². The molecule has 3 nitrogen and oxygen atoms in total. The molecule has 1 heterocycles. The van der Waals surface area contributed by atoms with Gasteiger partial charge in [-0.25, -0.2) is 0 Å². The first-order valence-electron chi connectivity index (χ1n) is 7.79. The van der Waals surface area contributed by atoms with E-state index in [4.69, 9.17) is 27.6 Å². The molecule has 1 aromatic heterocycles. The first-order valence-corrected chi connectivity index (χ1v) is 8.55. The Morgan fingerprint density at radius 2 is 1.68 bits per heavy atom. The molecule has 0 unspecified atom stereocenters. The lowest BCUT2D eigenvalue weighted by atomic mass is 10.1. The fourth-order valence-corrected chi connectivity index (χ4v) is 2.81. The minimum absolute atomic E-state index is 0.212. The topological polar surface area (TPSA) is 42.2 Å². The normalized spacial score (nSPS) is 10.8. The summed E-state index contributed by atoms with van der Waals surface area (Å²) in [6.07, 6.45) is 0. The second-order valence-corrected chi connectivity index (χ2v) is 6.78. The summed E-state index contributed by atoms with van der Waals surface area (Å²) >= 11 is 12.0. The highest BCUT2D eigenvalue weighted by atomic mass is 35.5. The van der Waals surface area contributed by atoms with Crippen molar-refractivity contribution in [3.05, 3.63) is 75.0 Å². The summed E-state index contributed by atoms with van der Waals surface area (Å²) in [5, 5.41) is 3.82. The average Bonchev–Trinajstić information content (AvgIpc) is 2.95. The zero-order chi connectivity index (χ0) is 18.1. The van der Waals surface area contributed by atoms with Gasteiger partial charge in [0.15, 0.2) is 0 Å². The van der Waals surface area contributed by atoms with Gasteiger partial charge in [0, 0.05) is 11.3 Å². The van der Waals surface area contributed by atoms with Gasteiger partial charge in [-0.3, -0.25) is 4.79 Å². The van der Waals surface area contributed by atoms with Crippen LogP contribution in [0.15, 0.2) is 46.9 Å². The predicted octanol–water partition coefficient (Wildman–Crippen LogP) is 6.43. The number of benzene rings is 2. The van der Waals surface area contributed by atoms with Crippen LogP contribution in [0.3, 0.4) is 0 Å². The molecular formula is C20H17Cl2NO2. The molecule has 0 aliphatic heterocycles. The van der Waals surface area contributed by atoms with Gasteiger partial charge in [0.25, 0.3) is 5.91 Å². The Morgan fingerprint density at radius 3 is 2.36 bits per heavy atom. The van der Waals surface area contributed by atoms with E-state index in [2.05, 4.69) is 5.32 Å². The average molecular weight is 374 g/mol. The summed E-state index contributed by atoms with van der Waals surface area (Å²) in [7, 11) is 0. The number of halogens is 2. The number of carbonyl (C=O) groups excluding carboxylic acids is 1. The molecule has 0 bridgehead atoms. The minimum Gasteiger partial charge on any atom is -0.461 e. The summed E-state index contributed by atoms with van der Waals surface area (Å²) < 4.78 is 5.73. The van der Waals surface area contributed by atoms with Crippen LogP contribution in [0, 0.1) is 20.8 Å². The maximum absolute atomic E-state index is 12.6. The zero-order valence-corrected chi connectivity index (χ0v) is 15.6. The number of hydrogen-bond donors (Lipinski definition) is 1. The summed E-state index contributed by atoms with van der Waals surface area (Å²) in [6, 6.07) is 12.7. The Bertz CT molecular complexity index is 960. The number of hydrogen-bond acceptors (Lipinski definition) is 2. The second kappa shape index (κ2) is 6.95. The van der Waals surface area contributed by atoms with E-state index in [1.165, 1.54) is 5.56 Å². The molecule has 3 rings (SSSR count). The standard InChI is InChI=1S/C20H17Cl2NO2/c1-11-4-6-15(8-12(11)2)23-20(24)16-10-19(25-13(16)3)14-5-7-17(21)18(22)9-14/h4-10H,1-3H3,(H,23,24). The number of nitrogens with one attached hydrogen (secondary N) is 1. The molecule has 0 aliphatic rings. The van der Waals surface area contributed by atoms with Crippen LogP contribution in [0.5, 0.6) is 0 Å². The van der Waals surface area contributed by atoms with Crippen LogP contribution in [0.25, 0.3) is 11.3 Å². The van der Waals surface area contributed by atoms with Gasteiger partial charge < -0.3 is 9.73 Å². The fourth-order valence-electron chi connectivity index (χ4n) is 2.52. The minimum atomic E-state index is -0.212. The van der Waals surface area contributed by atoms with Crippen LogP contribution in [0.2, 0.25) is 10.0 Å². The van der Waals surface area contributed by atoms with Crippen LogP contribution in [-0.4, -0.2) is 5.91 Å². The predicted molar refractivity (Wildman–Crippen MR) is 103 cm³/mol. The lowest BCUT2D eigenvalue weighted by Crippen LogP contribution is -2.12. The van der Waals surface area contributed by atoms with E-state index in [1.54, 1.807) is 31.2 Å². The number of furan rings is 1. The van der Waals surface area contributed by atoms with Crippen molar-refractivity contribution in [2.75, 3.05) is 5.32 Å². The molecule has 2 aromatic carbocycles. The van der Waals surface area contributed by atoms with Gasteiger partial charge in [-0.15, -0.1) is 0 Å². The van der Waals surface area contributed by atoms with Crippen molar-refractivity contribution < 1.29 is 9.21 Å². The van der Waals surface area contributed by atoms with E-state index in [0.717, 1.165) is 16.8 Å². The van der Waals surface area contributed by atoms with E-state index < -0.39 is 0 Å². The highest BCUT2D eigenvalue weighted by Crippen LogP contribution is 2.31. The largest absolute Gasteiger partial charge is 0.461 e. The van der Waals surface area contributed by atoms with Crippen molar-refractivity contribution in [2.45, 2.75) is 20.8 Å². The third-order valence-corrected chi connectivity index (χ3v) is 4.87. The van der Waals surface area contributed by atoms with Gasteiger partial charge in [-0.1, -0.05) is 29.3 Å². The SMILES string of the molecule is Cc1ccc(NC(=O)c2cc(-c3ccc(Cl)c(Cl)c3)oc2C)cc1C. The molecule has 1 N–H and O–H groups in total. The summed E-state index contributed by atoms with van der Waals surface area (Å²) in [4.78, 5) is 12.6. The Hall–Kier alpha value is -2.23. The lowest BCUT2D eigenvalue weighted by molar-refractivity contribution is 0.102. The van der Waals surface area contributed by atoms with Crippen molar-refractivity contribution >= 4 is 34.8 Å². The molecule has 0 atom stereocenters. The molecule has 0 saturated heterocycles. The molecule has 128 valence electrons. The molecule has 3 aromatic rings. The van der Waals surface area contributed by atoms with Gasteiger partial charge in [-0.2, -0.15) is 0 Å². The summed E-state index contributed by atoms with van der Waals surface area (Å²) in [5.74, 6) is 0.902. The van der Waals surface area contributed by atoms with Crippen molar-refractivity contribution in [3.63, 3.8) is 0 Å². The second-order valence-electron chi connectivity index (χ2n) is 5.96. The van der Waals surface area contributed by atoms with Crippen LogP contribution >= 0.6 is 23.2 Å². The van der Waals surface area contributed by atoms with E-state index >= 15 is 0 Å². The molecule has 0 spiro atoms. The van der Waals surface area contributed by atoms with Crippen LogP contribution in [-0.2, 0) is 0 Å². The molecule has 0 fully saturated rings. The Morgan fingerprint density at radius 1 is 0.920 bits per heavy atom. The molecule has 5 heteroatoms. The fraction of sp³-hybridized carbons (Fsp3) is 0.150. The number of rotatable bonds is 3. The van der Waals surface area contributed by atoms with Crippen molar-refractivity contribution in [1.29, 1.82) is 0 Å². The third kappa shape index (κ3) is 3.73. The van der Waals surface area contributed by atoms with Crippen LogP contribution in [0.4, 0.5) is 5.69 Å². The highest BCUT2D eigenvalue weighted by molar-refractivity contribution is 6.42. The van der Waals surface area contributed by atoms with E-state index in [9.17, 15) is 4.79 Å². The molecule has 0 saturated carbocycles. The maximum atomic E-state index is 12.6. The van der Waals surface area contributed by atoms with Gasteiger partial charge >= 0.3 is 0 Å². The van der Waals surface area contributed by atoms with Crippen LogP contribution in [0.1, 0.15) is 27.2 Å². The van der Waals surface area contributed by atoms with Gasteiger partial charge in [0.05, 0.1) is 15.6 Å². The van der Waals surface area contributed by atoms with E-state index in [0.29, 0.717) is 27.1 Å². The monoisotopic (exact) mass is 373 g/mol. The Labute approximate surface area is 156 Å². The Kier molecular flexibility index (Phi) is 4.89. The first kappa shape index (κ1) is 17.6. The summed E-state index contributed by atoms with van der Waals surface area (Å²) in [6.45, 7) is 5.80. The van der Waals surface area contributed by atoms with Crippen molar-refractivity contribution in [3.8, 4) is 11.3 Å². The number of amides is 1. The first-order chi connectivity index (χ1) is 11.8. The van der Waals surface area contributed by atoms with Gasteiger partial charge in [-0.05, 0) is 68.3 Å². The highest BCUT2D eigenvalue weighted by Gasteiger charge is 2.17. The number of anilines is 1. The molecule has 25 heavy (non-hydrogen) atoms. The number of aryl methyl sites for hydroxylation is 3. The molecule has 0 radical (unpaired) electrons. The number of carbonyl (C=O) groups is 1. The smallest absolute Gasteiger partial charge is 0.259 e. The van der Waals surface area contributed by atoms with Crippen LogP contribution < -0.4 is 5.32 Å². The summed E-state index contributed by atoms with van der Waals surface area (Å²) in [5.41, 5.74) is 4.31.